The van der Waals surface area contributed by atoms with Crippen molar-refractivity contribution in [3.05, 3.63) is 66.5 Å². The first-order chi connectivity index (χ1) is 15.7. The predicted molar refractivity (Wildman–Crippen MR) is 120 cm³/mol. The molecule has 4 rings (SSSR count). The minimum absolute atomic E-state index is 0.0248. The lowest BCUT2D eigenvalue weighted by molar-refractivity contribution is -0.151. The number of hydrogen-bond donors (Lipinski definition) is 0. The first-order valence-corrected chi connectivity index (χ1v) is 11.1. The van der Waals surface area contributed by atoms with Gasteiger partial charge >= 0.3 is 0 Å². The SMILES string of the molecule is CCCN1CCN(C(=O)CCn2cnnn2)[C@H](Cc2ccccc2-c2ccccc2)C1=O. The molecule has 1 aromatic heterocycles. The molecule has 166 valence electrons. The lowest BCUT2D eigenvalue weighted by Crippen LogP contribution is -2.59. The highest BCUT2D eigenvalue weighted by atomic mass is 16.2. The van der Waals surface area contributed by atoms with E-state index in [1.807, 2.05) is 35.2 Å². The number of hydrogen-bond acceptors (Lipinski definition) is 5. The number of tetrazole rings is 1. The van der Waals surface area contributed by atoms with Crippen molar-refractivity contribution in [3.8, 4) is 11.1 Å². The number of piperazine rings is 1. The van der Waals surface area contributed by atoms with Gasteiger partial charge in [-0.05, 0) is 33.5 Å². The van der Waals surface area contributed by atoms with Gasteiger partial charge in [0.05, 0.1) is 6.54 Å². The highest BCUT2D eigenvalue weighted by Gasteiger charge is 2.37. The van der Waals surface area contributed by atoms with Crippen molar-refractivity contribution in [3.63, 3.8) is 0 Å². The fourth-order valence-corrected chi connectivity index (χ4v) is 4.27. The Kier molecular flexibility index (Phi) is 6.89. The molecule has 0 N–H and O–H groups in total. The van der Waals surface area contributed by atoms with Crippen LogP contribution in [0.4, 0.5) is 0 Å². The van der Waals surface area contributed by atoms with E-state index in [-0.39, 0.29) is 18.2 Å². The number of aromatic nitrogens is 4. The van der Waals surface area contributed by atoms with Crippen molar-refractivity contribution in [2.45, 2.75) is 38.8 Å². The second kappa shape index (κ2) is 10.2. The van der Waals surface area contributed by atoms with E-state index in [1.165, 1.54) is 11.0 Å². The summed E-state index contributed by atoms with van der Waals surface area (Å²) in [6.07, 6.45) is 3.13. The van der Waals surface area contributed by atoms with Crippen LogP contribution in [0, 0.1) is 0 Å². The van der Waals surface area contributed by atoms with Crippen molar-refractivity contribution in [1.82, 2.24) is 30.0 Å². The summed E-state index contributed by atoms with van der Waals surface area (Å²) in [4.78, 5) is 30.2. The smallest absolute Gasteiger partial charge is 0.245 e. The Morgan fingerprint density at radius 3 is 2.56 bits per heavy atom. The Balaban J connectivity index is 1.58. The second-order valence-electron chi connectivity index (χ2n) is 7.98. The van der Waals surface area contributed by atoms with Crippen LogP contribution in [0.1, 0.15) is 25.3 Å². The maximum Gasteiger partial charge on any atom is 0.245 e. The molecule has 1 atom stereocenters. The average molecular weight is 433 g/mol. The summed E-state index contributed by atoms with van der Waals surface area (Å²) in [6, 6.07) is 17.8. The Morgan fingerprint density at radius 1 is 1.03 bits per heavy atom. The molecule has 1 saturated heterocycles. The number of carbonyl (C=O) groups excluding carboxylic acids is 2. The number of rotatable bonds is 8. The van der Waals surface area contributed by atoms with Crippen LogP contribution in [0.25, 0.3) is 11.1 Å². The Hall–Kier alpha value is -3.55. The molecule has 0 bridgehead atoms. The molecule has 1 aliphatic rings. The molecule has 0 radical (unpaired) electrons. The zero-order valence-electron chi connectivity index (χ0n) is 18.3. The van der Waals surface area contributed by atoms with Crippen LogP contribution in [0.5, 0.6) is 0 Å². The monoisotopic (exact) mass is 432 g/mol. The number of aryl methyl sites for hydroxylation is 1. The Bertz CT molecular complexity index is 1040. The van der Waals surface area contributed by atoms with Crippen molar-refractivity contribution in [1.29, 1.82) is 0 Å². The van der Waals surface area contributed by atoms with Crippen molar-refractivity contribution >= 4 is 11.8 Å². The third-order valence-corrected chi connectivity index (χ3v) is 5.86. The number of nitrogens with zero attached hydrogens (tertiary/aromatic N) is 6. The third-order valence-electron chi connectivity index (χ3n) is 5.86. The predicted octanol–water partition coefficient (Wildman–Crippen LogP) is 2.42. The van der Waals surface area contributed by atoms with Gasteiger partial charge in [-0.3, -0.25) is 9.59 Å². The van der Waals surface area contributed by atoms with Gasteiger partial charge in [-0.2, -0.15) is 0 Å². The van der Waals surface area contributed by atoms with Crippen LogP contribution in [0.15, 0.2) is 60.9 Å². The largest absolute Gasteiger partial charge is 0.339 e. The van der Waals surface area contributed by atoms with Gasteiger partial charge in [0.25, 0.3) is 0 Å². The average Bonchev–Trinajstić information content (AvgIpc) is 3.35. The molecule has 8 heteroatoms. The molecule has 32 heavy (non-hydrogen) atoms. The van der Waals surface area contributed by atoms with Gasteiger partial charge < -0.3 is 9.80 Å². The summed E-state index contributed by atoms with van der Waals surface area (Å²) < 4.78 is 1.53. The molecule has 0 spiro atoms. The number of amides is 2. The third kappa shape index (κ3) is 4.85. The van der Waals surface area contributed by atoms with Crippen LogP contribution >= 0.6 is 0 Å². The van der Waals surface area contributed by atoms with Crippen molar-refractivity contribution in [2.75, 3.05) is 19.6 Å². The van der Waals surface area contributed by atoms with Gasteiger partial charge in [0.1, 0.15) is 12.4 Å². The molecule has 0 aliphatic carbocycles. The van der Waals surface area contributed by atoms with Crippen molar-refractivity contribution in [2.24, 2.45) is 0 Å². The van der Waals surface area contributed by atoms with Crippen LogP contribution in [-0.4, -0.2) is 67.5 Å². The Labute approximate surface area is 187 Å². The maximum atomic E-state index is 13.4. The lowest BCUT2D eigenvalue weighted by atomic mass is 9.93. The highest BCUT2D eigenvalue weighted by molar-refractivity contribution is 5.89. The number of carbonyl (C=O) groups is 2. The molecule has 2 heterocycles. The summed E-state index contributed by atoms with van der Waals surface area (Å²) in [7, 11) is 0. The Morgan fingerprint density at radius 2 is 1.81 bits per heavy atom. The number of benzene rings is 2. The normalized spacial score (nSPS) is 16.4. The maximum absolute atomic E-state index is 13.4. The summed E-state index contributed by atoms with van der Waals surface area (Å²) in [5.74, 6) is -0.0241. The minimum Gasteiger partial charge on any atom is -0.339 e. The molecule has 1 fully saturated rings. The van der Waals surface area contributed by atoms with Gasteiger partial charge in [0, 0.05) is 32.5 Å². The molecule has 0 saturated carbocycles. The van der Waals surface area contributed by atoms with E-state index in [2.05, 4.69) is 46.7 Å². The summed E-state index contributed by atoms with van der Waals surface area (Å²) in [5, 5.41) is 11.0. The van der Waals surface area contributed by atoms with E-state index in [1.54, 1.807) is 4.90 Å². The summed E-state index contributed by atoms with van der Waals surface area (Å²) in [5.41, 5.74) is 3.26. The molecule has 3 aromatic rings. The van der Waals surface area contributed by atoms with Crippen LogP contribution in [-0.2, 0) is 22.6 Å². The lowest BCUT2D eigenvalue weighted by Gasteiger charge is -2.41. The zero-order valence-corrected chi connectivity index (χ0v) is 18.3. The first-order valence-electron chi connectivity index (χ1n) is 11.1. The zero-order chi connectivity index (χ0) is 22.3. The minimum atomic E-state index is -0.512. The molecular formula is C24H28N6O2. The highest BCUT2D eigenvalue weighted by Crippen LogP contribution is 2.27. The second-order valence-corrected chi connectivity index (χ2v) is 7.98. The topological polar surface area (TPSA) is 84.2 Å². The van der Waals surface area contributed by atoms with Gasteiger partial charge in [0.15, 0.2) is 0 Å². The van der Waals surface area contributed by atoms with Gasteiger partial charge in [-0.25, -0.2) is 4.68 Å². The van der Waals surface area contributed by atoms with Gasteiger partial charge in [-0.1, -0.05) is 61.5 Å². The van der Waals surface area contributed by atoms with E-state index < -0.39 is 6.04 Å². The summed E-state index contributed by atoms with van der Waals surface area (Å²) in [6.45, 7) is 4.28. The van der Waals surface area contributed by atoms with Crippen LogP contribution < -0.4 is 0 Å². The van der Waals surface area contributed by atoms with Crippen LogP contribution in [0.2, 0.25) is 0 Å². The molecule has 2 amide bonds. The molecule has 2 aromatic carbocycles. The quantitative estimate of drug-likeness (QED) is 0.546. The van der Waals surface area contributed by atoms with Gasteiger partial charge in [0.2, 0.25) is 11.8 Å². The van der Waals surface area contributed by atoms with E-state index in [9.17, 15) is 9.59 Å². The van der Waals surface area contributed by atoms with Crippen molar-refractivity contribution < 1.29 is 9.59 Å². The molecule has 0 unspecified atom stereocenters. The fraction of sp³-hybridized carbons (Fsp3) is 0.375. The van der Waals surface area contributed by atoms with E-state index in [4.69, 9.17) is 0 Å². The fourth-order valence-electron chi connectivity index (χ4n) is 4.27. The first kappa shape index (κ1) is 21.7. The standard InChI is InChI=1S/C24H28N6O2/c1-2-13-28-15-16-30(23(31)12-14-29-18-25-26-27-29)22(24(28)32)17-20-10-6-7-11-21(20)19-8-4-3-5-9-19/h3-11,18,22H,2,12-17H2,1H3/t22-/m1/s1. The van der Waals surface area contributed by atoms with E-state index in [0.717, 1.165) is 23.1 Å². The van der Waals surface area contributed by atoms with E-state index in [0.29, 0.717) is 32.6 Å². The van der Waals surface area contributed by atoms with Gasteiger partial charge in [-0.15, -0.1) is 5.10 Å². The molecule has 1 aliphatic heterocycles. The van der Waals surface area contributed by atoms with Crippen LogP contribution in [0.3, 0.4) is 0 Å². The summed E-state index contributed by atoms with van der Waals surface area (Å²) >= 11 is 0. The molecular weight excluding hydrogens is 404 g/mol. The molecule has 8 nitrogen and oxygen atoms in total. The van der Waals surface area contributed by atoms with E-state index >= 15 is 0 Å².